The molecule has 2 aromatic heterocycles. The molecule has 5 aliphatic heterocycles. The Morgan fingerprint density at radius 2 is 1.57 bits per heavy atom. The number of phenols is 1. The fourth-order valence-electron chi connectivity index (χ4n) is 10.5. The Kier molecular flexibility index (Phi) is 9.62. The van der Waals surface area contributed by atoms with Gasteiger partial charge in [0.25, 0.3) is 0 Å². The average Bonchev–Trinajstić information content (AvgIpc) is 3.52. The number of nitrogens with one attached hydrogen (secondary N) is 1. The van der Waals surface area contributed by atoms with Gasteiger partial charge < -0.3 is 35.2 Å². The number of para-hydroxylation sites is 2. The van der Waals surface area contributed by atoms with Crippen LogP contribution in [0, 0.1) is 0 Å². The van der Waals surface area contributed by atoms with E-state index < -0.39 is 0 Å². The van der Waals surface area contributed by atoms with Gasteiger partial charge >= 0.3 is 0 Å². The number of amides is 2. The molecule has 0 spiro atoms. The Balaban J connectivity index is 0.753. The van der Waals surface area contributed by atoms with Crippen LogP contribution in [0.4, 0.5) is 29.0 Å². The number of carbonyl (C=O) groups is 2. The summed E-state index contributed by atoms with van der Waals surface area (Å²) in [6, 6.07) is 18.3. The molecule has 4 saturated heterocycles. The molecule has 1 aliphatic carbocycles. The van der Waals surface area contributed by atoms with Crippen LogP contribution in [0.1, 0.15) is 62.8 Å². The molecule has 15 heteroatoms. The van der Waals surface area contributed by atoms with Crippen LogP contribution in [0.25, 0.3) is 11.3 Å². The van der Waals surface area contributed by atoms with Crippen molar-refractivity contribution >= 4 is 40.8 Å². The Morgan fingerprint density at radius 1 is 0.793 bits per heavy atom. The zero-order valence-electron chi connectivity index (χ0n) is 32.7. The summed E-state index contributed by atoms with van der Waals surface area (Å²) in [7, 11) is 0. The van der Waals surface area contributed by atoms with Gasteiger partial charge in [-0.25, -0.2) is 4.98 Å². The van der Waals surface area contributed by atoms with Gasteiger partial charge in [-0.1, -0.05) is 24.3 Å². The second-order valence-corrected chi connectivity index (χ2v) is 16.7. The molecular formula is C43H51N11O4. The summed E-state index contributed by atoms with van der Waals surface area (Å²) < 4.78 is 6.31. The summed E-state index contributed by atoms with van der Waals surface area (Å²) >= 11 is 0. The number of piperidine rings is 1. The standard InChI is InChI=1S/C43H51N11O4/c44-41-36(24-33(48-49-41)32-4-1-2-7-37(32)55)52-25-29-12-13-30(26-52)54(29)43-45-17-16-38(46-43)51-20-18-50(19-21-51)28-10-8-27(9-11-28)31-5-3-6-34-40(31)58-23-22-53(34)35-14-15-39(56)47-42(35)57/h1-7,16-17,24,27-30,35,55H,8-15,18-23,25-26H2,(H2,44,49)(H,47,56,57)/t27?,28?,29-,30+,35?. The Labute approximate surface area is 338 Å². The number of nitrogens with two attached hydrogens (primary N) is 1. The molecule has 1 unspecified atom stereocenters. The number of nitrogens with zero attached hydrogens (tertiary/aromatic N) is 9. The number of anilines is 5. The van der Waals surface area contributed by atoms with E-state index in [0.29, 0.717) is 55.0 Å². The second-order valence-electron chi connectivity index (χ2n) is 16.7. The molecule has 302 valence electrons. The number of fused-ring (bicyclic) bond motifs is 3. The summed E-state index contributed by atoms with van der Waals surface area (Å²) in [5, 5.41) is 21.5. The molecule has 15 nitrogen and oxygen atoms in total. The van der Waals surface area contributed by atoms with Crippen LogP contribution < -0.4 is 35.4 Å². The largest absolute Gasteiger partial charge is 0.507 e. The number of rotatable bonds is 7. The number of ether oxygens (including phenoxy) is 1. The molecule has 3 atom stereocenters. The lowest BCUT2D eigenvalue weighted by atomic mass is 9.80. The average molecular weight is 786 g/mol. The number of nitrogen functional groups attached to an aromatic ring is 1. The van der Waals surface area contributed by atoms with E-state index in [9.17, 15) is 14.7 Å². The third kappa shape index (κ3) is 6.78. The van der Waals surface area contributed by atoms with Crippen LogP contribution >= 0.6 is 0 Å². The molecule has 6 aliphatic rings. The van der Waals surface area contributed by atoms with Crippen LogP contribution in [0.2, 0.25) is 0 Å². The number of aromatic nitrogens is 4. The minimum Gasteiger partial charge on any atom is -0.507 e. The quantitative estimate of drug-likeness (QED) is 0.231. The molecule has 2 amide bonds. The number of hydrogen-bond donors (Lipinski definition) is 3. The van der Waals surface area contributed by atoms with E-state index in [1.54, 1.807) is 12.1 Å². The zero-order valence-corrected chi connectivity index (χ0v) is 32.7. The van der Waals surface area contributed by atoms with E-state index in [4.69, 9.17) is 20.4 Å². The van der Waals surface area contributed by atoms with E-state index in [1.807, 2.05) is 24.4 Å². The molecule has 4 aromatic rings. The smallest absolute Gasteiger partial charge is 0.249 e. The summed E-state index contributed by atoms with van der Waals surface area (Å²) in [5.74, 6) is 3.30. The summed E-state index contributed by atoms with van der Waals surface area (Å²) in [6.45, 7) is 6.61. The number of imide groups is 1. The van der Waals surface area contributed by atoms with E-state index in [1.165, 1.54) is 5.56 Å². The van der Waals surface area contributed by atoms with Crippen molar-refractivity contribution in [3.8, 4) is 22.8 Å². The normalized spacial score (nSPS) is 26.3. The highest BCUT2D eigenvalue weighted by Crippen LogP contribution is 2.45. The molecule has 4 N–H and O–H groups in total. The van der Waals surface area contributed by atoms with Crippen molar-refractivity contribution < 1.29 is 19.4 Å². The van der Waals surface area contributed by atoms with Crippen molar-refractivity contribution in [2.24, 2.45) is 0 Å². The van der Waals surface area contributed by atoms with Crippen molar-refractivity contribution in [2.45, 2.75) is 81.5 Å². The van der Waals surface area contributed by atoms with Gasteiger partial charge in [-0.3, -0.25) is 19.8 Å². The topological polar surface area (TPSA) is 169 Å². The van der Waals surface area contributed by atoms with E-state index >= 15 is 0 Å². The van der Waals surface area contributed by atoms with Gasteiger partial charge in [0.2, 0.25) is 17.8 Å². The highest BCUT2D eigenvalue weighted by atomic mass is 16.5. The van der Waals surface area contributed by atoms with Gasteiger partial charge in [-0.05, 0) is 86.8 Å². The Hall–Kier alpha value is -5.70. The first kappa shape index (κ1) is 36.6. The fraction of sp³-hybridized carbons (Fsp3) is 0.488. The van der Waals surface area contributed by atoms with Crippen LogP contribution in [-0.2, 0) is 9.59 Å². The van der Waals surface area contributed by atoms with Gasteiger partial charge in [-0.2, -0.15) is 4.98 Å². The number of hydrogen-bond acceptors (Lipinski definition) is 14. The van der Waals surface area contributed by atoms with Crippen LogP contribution in [0.3, 0.4) is 0 Å². The lowest BCUT2D eigenvalue weighted by molar-refractivity contribution is -0.134. The van der Waals surface area contributed by atoms with Gasteiger partial charge in [0.1, 0.15) is 30.0 Å². The van der Waals surface area contributed by atoms with Crippen LogP contribution in [0.15, 0.2) is 60.8 Å². The molecular weight excluding hydrogens is 735 g/mol. The molecule has 7 heterocycles. The Morgan fingerprint density at radius 3 is 2.34 bits per heavy atom. The van der Waals surface area contributed by atoms with Gasteiger partial charge in [0.05, 0.1) is 23.6 Å². The Bertz CT molecular complexity index is 2180. The molecule has 10 rings (SSSR count). The van der Waals surface area contributed by atoms with E-state index in [-0.39, 0.29) is 35.7 Å². The maximum Gasteiger partial charge on any atom is 0.249 e. The first-order valence-corrected chi connectivity index (χ1v) is 21.0. The van der Waals surface area contributed by atoms with Crippen molar-refractivity contribution in [3.05, 3.63) is 66.4 Å². The van der Waals surface area contributed by atoms with Gasteiger partial charge in [0, 0.05) is 75.6 Å². The first-order chi connectivity index (χ1) is 28.4. The first-order valence-electron chi connectivity index (χ1n) is 21.0. The number of aromatic hydroxyl groups is 1. The second kappa shape index (κ2) is 15.2. The zero-order chi connectivity index (χ0) is 39.3. The molecule has 1 saturated carbocycles. The molecule has 58 heavy (non-hydrogen) atoms. The molecule has 2 aromatic carbocycles. The van der Waals surface area contributed by atoms with E-state index in [2.05, 4.69) is 64.3 Å². The van der Waals surface area contributed by atoms with Crippen LogP contribution in [0.5, 0.6) is 11.5 Å². The molecule has 2 bridgehead atoms. The maximum absolute atomic E-state index is 12.8. The van der Waals surface area contributed by atoms with Crippen molar-refractivity contribution in [1.29, 1.82) is 0 Å². The molecule has 5 fully saturated rings. The third-order valence-corrected chi connectivity index (χ3v) is 13.5. The van der Waals surface area contributed by atoms with E-state index in [0.717, 1.165) is 107 Å². The van der Waals surface area contributed by atoms with Crippen molar-refractivity contribution in [1.82, 2.24) is 30.4 Å². The van der Waals surface area contributed by atoms with Crippen molar-refractivity contribution in [2.75, 3.05) is 77.8 Å². The monoisotopic (exact) mass is 785 g/mol. The maximum atomic E-state index is 12.8. The van der Waals surface area contributed by atoms with Crippen molar-refractivity contribution in [3.63, 3.8) is 0 Å². The predicted molar refractivity (Wildman–Crippen MR) is 221 cm³/mol. The summed E-state index contributed by atoms with van der Waals surface area (Å²) in [5.41, 5.74) is 10.7. The summed E-state index contributed by atoms with van der Waals surface area (Å²) in [6.07, 6.45) is 9.44. The highest BCUT2D eigenvalue weighted by molar-refractivity contribution is 6.02. The lowest BCUT2D eigenvalue weighted by Crippen LogP contribution is -2.55. The number of piperazine rings is 2. The van der Waals surface area contributed by atoms with Gasteiger partial charge in [0.15, 0.2) is 5.82 Å². The fourth-order valence-corrected chi connectivity index (χ4v) is 10.5. The number of carbonyl (C=O) groups excluding carboxylic acids is 2. The number of phenolic OH excluding ortho intramolecular Hbond substituents is 1. The number of benzene rings is 2. The lowest BCUT2D eigenvalue weighted by Gasteiger charge is -2.44. The SMILES string of the molecule is Nc1nnc(-c2ccccc2O)cc1N1C[C@H]2CC[C@@H](C1)N2c1nccc(N2CCN(C3CCC(c4cccc5c4OCCN5C4CCC(=O)NC4=O)CC3)CC2)n1. The third-order valence-electron chi connectivity index (χ3n) is 13.5. The van der Waals surface area contributed by atoms with Crippen LogP contribution in [-0.4, -0.2) is 119 Å². The molecule has 0 radical (unpaired) electrons. The highest BCUT2D eigenvalue weighted by Gasteiger charge is 2.43. The van der Waals surface area contributed by atoms with Gasteiger partial charge in [-0.15, -0.1) is 10.2 Å². The summed E-state index contributed by atoms with van der Waals surface area (Å²) in [4.78, 5) is 46.5. The minimum atomic E-state index is -0.339. The predicted octanol–water partition coefficient (Wildman–Crippen LogP) is 3.93. The minimum absolute atomic E-state index is 0.166.